The quantitative estimate of drug-likeness (QED) is 0.893. The minimum atomic E-state index is -0.442. The first kappa shape index (κ1) is 13.4. The predicted octanol–water partition coefficient (Wildman–Crippen LogP) is 1.76. The van der Waals surface area contributed by atoms with Crippen molar-refractivity contribution >= 4 is 5.91 Å². The van der Waals surface area contributed by atoms with Crippen molar-refractivity contribution in [1.29, 1.82) is 0 Å². The minimum Gasteiger partial charge on any atom is -0.493 e. The number of hydrogen-bond donors (Lipinski definition) is 1. The van der Waals surface area contributed by atoms with E-state index < -0.39 is 5.54 Å². The van der Waals surface area contributed by atoms with E-state index in [1.165, 1.54) is 5.56 Å². The molecule has 1 amide bonds. The molecule has 0 saturated carbocycles. The Morgan fingerprint density at radius 2 is 2.20 bits per heavy atom. The fourth-order valence-corrected chi connectivity index (χ4v) is 3.12. The van der Waals surface area contributed by atoms with E-state index in [2.05, 4.69) is 11.4 Å². The number of amides is 1. The maximum absolute atomic E-state index is 12.5. The Hall–Kier alpha value is -1.55. The Morgan fingerprint density at radius 1 is 1.40 bits per heavy atom. The zero-order chi connectivity index (χ0) is 14.2. The molecule has 1 aromatic carbocycles. The molecule has 2 heterocycles. The van der Waals surface area contributed by atoms with Gasteiger partial charge < -0.3 is 15.0 Å². The maximum Gasteiger partial charge on any atom is 0.242 e. The number of hydrogen-bond acceptors (Lipinski definition) is 3. The highest BCUT2D eigenvalue weighted by atomic mass is 16.5. The van der Waals surface area contributed by atoms with E-state index in [0.29, 0.717) is 5.92 Å². The lowest BCUT2D eigenvalue weighted by molar-refractivity contribution is -0.140. The molecule has 1 aromatic rings. The Kier molecular flexibility index (Phi) is 3.42. The predicted molar refractivity (Wildman–Crippen MR) is 78.0 cm³/mol. The average Bonchev–Trinajstić information content (AvgIpc) is 2.44. The van der Waals surface area contributed by atoms with Crippen molar-refractivity contribution < 1.29 is 9.53 Å². The Bertz CT molecular complexity index is 513. The third-order valence-corrected chi connectivity index (χ3v) is 4.29. The number of ether oxygens (including phenoxy) is 1. The van der Waals surface area contributed by atoms with E-state index in [-0.39, 0.29) is 5.91 Å². The molecule has 2 aliphatic rings. The second kappa shape index (κ2) is 5.09. The van der Waals surface area contributed by atoms with Gasteiger partial charge in [0.25, 0.3) is 0 Å². The van der Waals surface area contributed by atoms with E-state index >= 15 is 0 Å². The van der Waals surface area contributed by atoms with Gasteiger partial charge in [0, 0.05) is 25.6 Å². The summed E-state index contributed by atoms with van der Waals surface area (Å²) < 4.78 is 5.69. The summed E-state index contributed by atoms with van der Waals surface area (Å²) in [7, 11) is 0. The van der Waals surface area contributed by atoms with Crippen molar-refractivity contribution in [3.8, 4) is 5.75 Å². The number of fused-ring (bicyclic) bond motifs is 1. The van der Waals surface area contributed by atoms with Crippen LogP contribution in [0.2, 0.25) is 0 Å². The first-order chi connectivity index (χ1) is 9.58. The summed E-state index contributed by atoms with van der Waals surface area (Å²) >= 11 is 0. The molecule has 1 unspecified atom stereocenters. The highest BCUT2D eigenvalue weighted by Gasteiger charge is 2.36. The summed E-state index contributed by atoms with van der Waals surface area (Å²) in [5, 5.41) is 3.28. The smallest absolute Gasteiger partial charge is 0.242 e. The van der Waals surface area contributed by atoms with Crippen LogP contribution in [-0.2, 0) is 4.79 Å². The average molecular weight is 274 g/mol. The molecule has 2 aliphatic heterocycles. The number of piperazine rings is 1. The fourth-order valence-electron chi connectivity index (χ4n) is 3.12. The van der Waals surface area contributed by atoms with Crippen LogP contribution in [0.4, 0.5) is 0 Å². The second-order valence-electron chi connectivity index (χ2n) is 6.17. The summed E-state index contributed by atoms with van der Waals surface area (Å²) in [6.45, 7) is 7.11. The summed E-state index contributed by atoms with van der Waals surface area (Å²) in [4.78, 5) is 14.5. The number of carbonyl (C=O) groups is 1. The van der Waals surface area contributed by atoms with Crippen LogP contribution >= 0.6 is 0 Å². The van der Waals surface area contributed by atoms with Crippen LogP contribution in [0.1, 0.15) is 31.7 Å². The van der Waals surface area contributed by atoms with Gasteiger partial charge in [-0.25, -0.2) is 0 Å². The van der Waals surface area contributed by atoms with Crippen molar-refractivity contribution in [2.24, 2.45) is 0 Å². The summed E-state index contributed by atoms with van der Waals surface area (Å²) in [5.41, 5.74) is 0.797. The highest BCUT2D eigenvalue weighted by Crippen LogP contribution is 2.34. The van der Waals surface area contributed by atoms with Crippen LogP contribution in [0.25, 0.3) is 0 Å². The molecule has 1 saturated heterocycles. The molecule has 1 fully saturated rings. The largest absolute Gasteiger partial charge is 0.493 e. The van der Waals surface area contributed by atoms with Crippen LogP contribution in [0.15, 0.2) is 24.3 Å². The third-order valence-electron chi connectivity index (χ3n) is 4.29. The standard InChI is InChI=1S/C16H22N2O2/c1-16(2)15(19)18(9-8-17-16)11-12-7-10-20-14-6-4-3-5-13(12)14/h3-6,12,17H,7-11H2,1-2H3. The first-order valence-corrected chi connectivity index (χ1v) is 7.34. The van der Waals surface area contributed by atoms with Gasteiger partial charge in [0.1, 0.15) is 5.75 Å². The molecule has 4 nitrogen and oxygen atoms in total. The van der Waals surface area contributed by atoms with Crippen LogP contribution in [-0.4, -0.2) is 42.6 Å². The Balaban J connectivity index is 1.77. The normalized spacial score (nSPS) is 25.0. The van der Waals surface area contributed by atoms with Crippen molar-refractivity contribution in [3.63, 3.8) is 0 Å². The molecule has 108 valence electrons. The monoisotopic (exact) mass is 274 g/mol. The van der Waals surface area contributed by atoms with Gasteiger partial charge >= 0.3 is 0 Å². The molecule has 3 rings (SSSR count). The van der Waals surface area contributed by atoms with Gasteiger partial charge in [-0.15, -0.1) is 0 Å². The molecule has 0 aromatic heterocycles. The van der Waals surface area contributed by atoms with Crippen molar-refractivity contribution in [2.45, 2.75) is 31.7 Å². The van der Waals surface area contributed by atoms with E-state index in [1.54, 1.807) is 0 Å². The SMILES string of the molecule is CC1(C)NCCN(CC2CCOc3ccccc32)C1=O. The van der Waals surface area contributed by atoms with E-state index in [4.69, 9.17) is 4.74 Å². The molecule has 1 atom stereocenters. The lowest BCUT2D eigenvalue weighted by Crippen LogP contribution is -2.61. The number of para-hydroxylation sites is 1. The number of nitrogens with one attached hydrogen (secondary N) is 1. The maximum atomic E-state index is 12.5. The topological polar surface area (TPSA) is 41.6 Å². The van der Waals surface area contributed by atoms with Gasteiger partial charge in [-0.3, -0.25) is 4.79 Å². The number of nitrogens with zero attached hydrogens (tertiary/aromatic N) is 1. The van der Waals surface area contributed by atoms with Gasteiger partial charge in [-0.2, -0.15) is 0 Å². The zero-order valence-corrected chi connectivity index (χ0v) is 12.2. The van der Waals surface area contributed by atoms with E-state index in [9.17, 15) is 4.79 Å². The van der Waals surface area contributed by atoms with E-state index in [1.807, 2.05) is 36.9 Å². The van der Waals surface area contributed by atoms with Crippen LogP contribution < -0.4 is 10.1 Å². The van der Waals surface area contributed by atoms with Gasteiger partial charge in [0.15, 0.2) is 0 Å². The number of benzene rings is 1. The molecule has 20 heavy (non-hydrogen) atoms. The van der Waals surface area contributed by atoms with Gasteiger partial charge in [-0.05, 0) is 31.9 Å². The lowest BCUT2D eigenvalue weighted by atomic mass is 9.91. The molecule has 0 radical (unpaired) electrons. The first-order valence-electron chi connectivity index (χ1n) is 7.34. The molecule has 4 heteroatoms. The van der Waals surface area contributed by atoms with Gasteiger partial charge in [0.2, 0.25) is 5.91 Å². The van der Waals surface area contributed by atoms with Crippen LogP contribution in [0.3, 0.4) is 0 Å². The molecule has 1 N–H and O–H groups in total. The van der Waals surface area contributed by atoms with Crippen molar-refractivity contribution in [3.05, 3.63) is 29.8 Å². The minimum absolute atomic E-state index is 0.202. The molecular formula is C16H22N2O2. The fraction of sp³-hybridized carbons (Fsp3) is 0.562. The molecule has 0 bridgehead atoms. The van der Waals surface area contributed by atoms with Crippen LogP contribution in [0.5, 0.6) is 5.75 Å². The summed E-state index contributed by atoms with van der Waals surface area (Å²) in [6, 6.07) is 8.19. The summed E-state index contributed by atoms with van der Waals surface area (Å²) in [6.07, 6.45) is 0.981. The van der Waals surface area contributed by atoms with E-state index in [0.717, 1.165) is 38.4 Å². The Morgan fingerprint density at radius 3 is 3.05 bits per heavy atom. The zero-order valence-electron chi connectivity index (χ0n) is 12.2. The third kappa shape index (κ3) is 2.40. The highest BCUT2D eigenvalue weighted by molar-refractivity contribution is 5.86. The lowest BCUT2D eigenvalue weighted by Gasteiger charge is -2.40. The number of carbonyl (C=O) groups excluding carboxylic acids is 1. The van der Waals surface area contributed by atoms with Gasteiger partial charge in [0.05, 0.1) is 12.1 Å². The second-order valence-corrected chi connectivity index (χ2v) is 6.17. The van der Waals surface area contributed by atoms with Crippen LogP contribution in [0, 0.1) is 0 Å². The van der Waals surface area contributed by atoms with Gasteiger partial charge in [-0.1, -0.05) is 18.2 Å². The van der Waals surface area contributed by atoms with Crippen molar-refractivity contribution in [1.82, 2.24) is 10.2 Å². The molecule has 0 aliphatic carbocycles. The summed E-state index contributed by atoms with van der Waals surface area (Å²) in [5.74, 6) is 1.57. The van der Waals surface area contributed by atoms with Crippen molar-refractivity contribution in [2.75, 3.05) is 26.2 Å². The molecular weight excluding hydrogens is 252 g/mol. The Labute approximate surface area is 120 Å². The number of rotatable bonds is 2. The molecule has 0 spiro atoms.